The maximum absolute atomic E-state index is 11.4. The lowest BCUT2D eigenvalue weighted by atomic mass is 10.4. The predicted molar refractivity (Wildman–Crippen MR) is 61.9 cm³/mol. The number of hydrogen-bond acceptors (Lipinski definition) is 4. The molecule has 0 aromatic carbocycles. The monoisotopic (exact) mass is 261 g/mol. The molecule has 96 valence electrons. The molecule has 1 rings (SSSR count). The van der Waals surface area contributed by atoms with Gasteiger partial charge in [0.25, 0.3) is 0 Å². The first-order chi connectivity index (χ1) is 7.70. The normalized spacial score (nSPS) is 11.6. The Morgan fingerprint density at radius 2 is 2.12 bits per heavy atom. The fourth-order valence-corrected chi connectivity index (χ4v) is 1.83. The molecule has 9 heteroatoms. The Kier molecular flexibility index (Phi) is 3.73. The topological polar surface area (TPSA) is 119 Å². The summed E-state index contributed by atoms with van der Waals surface area (Å²) in [6.45, 7) is 3.55. The smallest absolute Gasteiger partial charge is 0.320 e. The molecule has 1 aromatic rings. The number of aryl methyl sites for hydroxylation is 1. The van der Waals surface area contributed by atoms with Crippen molar-refractivity contribution in [3.8, 4) is 0 Å². The van der Waals surface area contributed by atoms with Crippen LogP contribution in [0.5, 0.6) is 0 Å². The average molecular weight is 261 g/mol. The molecule has 0 saturated carbocycles. The second kappa shape index (κ2) is 4.72. The third-order valence-corrected chi connectivity index (χ3v) is 2.67. The van der Waals surface area contributed by atoms with Gasteiger partial charge in [-0.15, -0.1) is 0 Å². The van der Waals surface area contributed by atoms with E-state index in [4.69, 9.17) is 5.14 Å². The Labute approximate surface area is 99.2 Å². The SMILES string of the molecule is CC(C)NC(=O)Nc1nn(C)cc1S(N)(=O)=O. The van der Waals surface area contributed by atoms with Crippen molar-refractivity contribution in [1.29, 1.82) is 0 Å². The average Bonchev–Trinajstić information content (AvgIpc) is 2.43. The minimum atomic E-state index is -3.91. The summed E-state index contributed by atoms with van der Waals surface area (Å²) in [5.41, 5.74) is 0. The largest absolute Gasteiger partial charge is 0.336 e. The Bertz CT molecular complexity index is 519. The first-order valence-electron chi connectivity index (χ1n) is 4.84. The number of nitrogens with one attached hydrogen (secondary N) is 2. The van der Waals surface area contributed by atoms with Crippen molar-refractivity contribution in [3.05, 3.63) is 6.20 Å². The van der Waals surface area contributed by atoms with E-state index < -0.39 is 16.1 Å². The molecule has 4 N–H and O–H groups in total. The van der Waals surface area contributed by atoms with Gasteiger partial charge in [-0.1, -0.05) is 0 Å². The van der Waals surface area contributed by atoms with Crippen molar-refractivity contribution in [1.82, 2.24) is 15.1 Å². The van der Waals surface area contributed by atoms with Crippen molar-refractivity contribution in [2.75, 3.05) is 5.32 Å². The van der Waals surface area contributed by atoms with Gasteiger partial charge < -0.3 is 5.32 Å². The lowest BCUT2D eigenvalue weighted by molar-refractivity contribution is 0.250. The molecule has 0 aliphatic rings. The maximum atomic E-state index is 11.4. The number of primary sulfonamides is 1. The lowest BCUT2D eigenvalue weighted by Crippen LogP contribution is -2.34. The summed E-state index contributed by atoms with van der Waals surface area (Å²) in [6.07, 6.45) is 1.22. The van der Waals surface area contributed by atoms with E-state index in [2.05, 4.69) is 15.7 Å². The van der Waals surface area contributed by atoms with Crippen LogP contribution in [0.15, 0.2) is 11.1 Å². The van der Waals surface area contributed by atoms with Crippen LogP contribution in [0.3, 0.4) is 0 Å². The standard InChI is InChI=1S/C8H15N5O3S/c1-5(2)10-8(14)11-7-6(17(9,15)16)4-13(3)12-7/h4-5H,1-3H3,(H2,9,15,16)(H2,10,11,12,14). The van der Waals surface area contributed by atoms with E-state index in [0.717, 1.165) is 0 Å². The second-order valence-corrected chi connectivity index (χ2v) is 5.34. The molecule has 0 saturated heterocycles. The first kappa shape index (κ1) is 13.5. The molecular formula is C8H15N5O3S. The molecule has 0 fully saturated rings. The van der Waals surface area contributed by atoms with Crippen molar-refractivity contribution in [2.24, 2.45) is 12.2 Å². The third kappa shape index (κ3) is 3.71. The van der Waals surface area contributed by atoms with Gasteiger partial charge >= 0.3 is 6.03 Å². The van der Waals surface area contributed by atoms with E-state index >= 15 is 0 Å². The molecule has 1 heterocycles. The highest BCUT2D eigenvalue weighted by Crippen LogP contribution is 2.16. The molecule has 0 unspecified atom stereocenters. The van der Waals surface area contributed by atoms with Crippen LogP contribution in [-0.2, 0) is 17.1 Å². The second-order valence-electron chi connectivity index (χ2n) is 3.81. The molecule has 0 bridgehead atoms. The minimum Gasteiger partial charge on any atom is -0.336 e. The summed E-state index contributed by atoms with van der Waals surface area (Å²) >= 11 is 0. The molecule has 0 aliphatic carbocycles. The highest BCUT2D eigenvalue weighted by molar-refractivity contribution is 7.89. The molecule has 2 amide bonds. The summed E-state index contributed by atoms with van der Waals surface area (Å²) in [4.78, 5) is 11.2. The van der Waals surface area contributed by atoms with Crippen LogP contribution in [0.2, 0.25) is 0 Å². The lowest BCUT2D eigenvalue weighted by Gasteiger charge is -2.08. The van der Waals surface area contributed by atoms with Crippen molar-refractivity contribution in [3.63, 3.8) is 0 Å². The fraction of sp³-hybridized carbons (Fsp3) is 0.500. The van der Waals surface area contributed by atoms with Gasteiger partial charge in [0, 0.05) is 19.3 Å². The zero-order valence-corrected chi connectivity index (χ0v) is 10.6. The van der Waals surface area contributed by atoms with Gasteiger partial charge in [0.15, 0.2) is 5.82 Å². The van der Waals surface area contributed by atoms with Crippen LogP contribution < -0.4 is 15.8 Å². The molecule has 17 heavy (non-hydrogen) atoms. The number of rotatable bonds is 3. The van der Waals surface area contributed by atoms with Crippen LogP contribution in [0.1, 0.15) is 13.8 Å². The number of sulfonamides is 1. The van der Waals surface area contributed by atoms with Crippen LogP contribution in [0.25, 0.3) is 0 Å². The maximum Gasteiger partial charge on any atom is 0.320 e. The van der Waals surface area contributed by atoms with Gasteiger partial charge in [-0.05, 0) is 13.8 Å². The van der Waals surface area contributed by atoms with Crippen LogP contribution >= 0.6 is 0 Å². The molecule has 8 nitrogen and oxygen atoms in total. The summed E-state index contributed by atoms with van der Waals surface area (Å²) in [5, 5.41) is 13.7. The summed E-state index contributed by atoms with van der Waals surface area (Å²) < 4.78 is 23.7. The predicted octanol–water partition coefficient (Wildman–Crippen LogP) is -0.403. The van der Waals surface area contributed by atoms with E-state index in [9.17, 15) is 13.2 Å². The van der Waals surface area contributed by atoms with Gasteiger partial charge in [-0.3, -0.25) is 10.00 Å². The number of urea groups is 1. The number of nitrogens with zero attached hydrogens (tertiary/aromatic N) is 2. The molecule has 0 radical (unpaired) electrons. The van der Waals surface area contributed by atoms with Crippen molar-refractivity contribution < 1.29 is 13.2 Å². The van der Waals surface area contributed by atoms with Crippen LogP contribution in [0.4, 0.5) is 10.6 Å². The van der Waals surface area contributed by atoms with E-state index in [0.29, 0.717) is 0 Å². The fourth-order valence-electron chi connectivity index (χ4n) is 1.17. The van der Waals surface area contributed by atoms with Gasteiger partial charge in [0.05, 0.1) is 0 Å². The van der Waals surface area contributed by atoms with Gasteiger partial charge in [-0.2, -0.15) is 5.10 Å². The number of carbonyl (C=O) groups is 1. The summed E-state index contributed by atoms with van der Waals surface area (Å²) in [5.74, 6) is -0.0897. The van der Waals surface area contributed by atoms with E-state index in [-0.39, 0.29) is 16.8 Å². The van der Waals surface area contributed by atoms with Gasteiger partial charge in [0.2, 0.25) is 10.0 Å². The molecular weight excluding hydrogens is 246 g/mol. The Morgan fingerprint density at radius 3 is 2.59 bits per heavy atom. The number of hydrogen-bond donors (Lipinski definition) is 3. The number of amides is 2. The third-order valence-electron chi connectivity index (χ3n) is 1.75. The van der Waals surface area contributed by atoms with E-state index in [1.807, 2.05) is 0 Å². The summed E-state index contributed by atoms with van der Waals surface area (Å²) in [6, 6.07) is -0.611. The zero-order valence-electron chi connectivity index (χ0n) is 9.76. The number of carbonyl (C=O) groups excluding carboxylic acids is 1. The van der Waals surface area contributed by atoms with Gasteiger partial charge in [-0.25, -0.2) is 18.4 Å². The Morgan fingerprint density at radius 1 is 1.53 bits per heavy atom. The van der Waals surface area contributed by atoms with E-state index in [1.54, 1.807) is 13.8 Å². The first-order valence-corrected chi connectivity index (χ1v) is 6.38. The van der Waals surface area contributed by atoms with Crippen molar-refractivity contribution >= 4 is 21.9 Å². The highest BCUT2D eigenvalue weighted by Gasteiger charge is 2.19. The number of anilines is 1. The highest BCUT2D eigenvalue weighted by atomic mass is 32.2. The number of aromatic nitrogens is 2. The zero-order chi connectivity index (χ0) is 13.2. The quantitative estimate of drug-likeness (QED) is 0.685. The summed E-state index contributed by atoms with van der Waals surface area (Å²) in [7, 11) is -2.38. The van der Waals surface area contributed by atoms with E-state index in [1.165, 1.54) is 17.9 Å². The molecule has 0 spiro atoms. The number of nitrogens with two attached hydrogens (primary N) is 1. The molecule has 1 aromatic heterocycles. The van der Waals surface area contributed by atoms with Crippen LogP contribution in [-0.4, -0.2) is 30.3 Å². The Hall–Kier alpha value is -1.61. The van der Waals surface area contributed by atoms with Crippen LogP contribution in [0, 0.1) is 0 Å². The molecule has 0 aliphatic heterocycles. The molecule has 0 atom stereocenters. The Balaban J connectivity index is 2.96. The van der Waals surface area contributed by atoms with Gasteiger partial charge in [0.1, 0.15) is 4.90 Å². The minimum absolute atomic E-state index is 0.0726. The van der Waals surface area contributed by atoms with Crippen molar-refractivity contribution in [2.45, 2.75) is 24.8 Å².